The van der Waals surface area contributed by atoms with Gasteiger partial charge in [0.05, 0.1) is 0 Å². The minimum Gasteiger partial charge on any atom is -0.103 e. The van der Waals surface area contributed by atoms with E-state index in [1.54, 1.807) is 0 Å². The highest BCUT2D eigenvalue weighted by atomic mass is 14.2. The zero-order chi connectivity index (χ0) is 9.64. The van der Waals surface area contributed by atoms with Crippen LogP contribution in [-0.2, 0) is 6.42 Å². The zero-order valence-corrected chi connectivity index (χ0v) is 8.50. The lowest BCUT2D eigenvalue weighted by atomic mass is 10.1. The van der Waals surface area contributed by atoms with Crippen molar-refractivity contribution in [3.63, 3.8) is 0 Å². The van der Waals surface area contributed by atoms with Crippen LogP contribution in [-0.4, -0.2) is 0 Å². The van der Waals surface area contributed by atoms with Crippen molar-refractivity contribution >= 4 is 0 Å². The molecule has 0 atom stereocenters. The molecule has 0 amide bonds. The van der Waals surface area contributed by atoms with Gasteiger partial charge in [-0.1, -0.05) is 30.3 Å². The third-order valence-corrected chi connectivity index (χ3v) is 2.59. The summed E-state index contributed by atoms with van der Waals surface area (Å²) in [5.74, 6) is 7.47. The lowest BCUT2D eigenvalue weighted by Crippen LogP contribution is -1.81. The molecule has 0 unspecified atom stereocenters. The molecule has 72 valence electrons. The smallest absolute Gasteiger partial charge is 0.0129 e. The van der Waals surface area contributed by atoms with Crippen LogP contribution in [0.3, 0.4) is 0 Å². The van der Waals surface area contributed by atoms with Gasteiger partial charge in [0.2, 0.25) is 0 Å². The van der Waals surface area contributed by atoms with Gasteiger partial charge in [0.15, 0.2) is 0 Å². The Morgan fingerprint density at radius 2 is 1.86 bits per heavy atom. The maximum atomic E-state index is 3.27. The molecule has 1 aliphatic carbocycles. The molecule has 1 aromatic carbocycles. The number of aryl methyl sites for hydroxylation is 1. The van der Waals surface area contributed by atoms with Crippen molar-refractivity contribution in [2.75, 3.05) is 0 Å². The molecule has 0 radical (unpaired) electrons. The molecule has 1 aliphatic rings. The summed E-state index contributed by atoms with van der Waals surface area (Å²) in [5.41, 5.74) is 1.40. The molecule has 2 rings (SSSR count). The molecule has 0 aliphatic heterocycles. The Morgan fingerprint density at radius 1 is 1.07 bits per heavy atom. The summed E-state index contributed by atoms with van der Waals surface area (Å²) in [4.78, 5) is 0. The van der Waals surface area contributed by atoms with E-state index in [1.165, 1.54) is 18.4 Å². The Kier molecular flexibility index (Phi) is 3.24. The average molecular weight is 184 g/mol. The van der Waals surface area contributed by atoms with Gasteiger partial charge in [0.25, 0.3) is 0 Å². The van der Waals surface area contributed by atoms with Crippen LogP contribution in [0.15, 0.2) is 30.3 Å². The minimum atomic E-state index is 0.944. The highest BCUT2D eigenvalue weighted by Crippen LogP contribution is 2.31. The van der Waals surface area contributed by atoms with E-state index in [2.05, 4.69) is 42.2 Å². The molecular weight excluding hydrogens is 168 g/mol. The first kappa shape index (κ1) is 9.34. The standard InChI is InChI=1S/C14H16/c1-3-7-13(8-4-1)9-5-2-6-10-14-11-12-14/h1,3-4,7-8,14H,5,9-12H2. The quantitative estimate of drug-likeness (QED) is 0.631. The van der Waals surface area contributed by atoms with Crippen LogP contribution < -0.4 is 0 Å². The van der Waals surface area contributed by atoms with E-state index in [4.69, 9.17) is 0 Å². The summed E-state index contributed by atoms with van der Waals surface area (Å²) in [6.07, 6.45) is 6.06. The fourth-order valence-electron chi connectivity index (χ4n) is 1.48. The molecule has 0 heterocycles. The van der Waals surface area contributed by atoms with Crippen LogP contribution in [0.25, 0.3) is 0 Å². The summed E-state index contributed by atoms with van der Waals surface area (Å²) in [7, 11) is 0. The molecule has 0 spiro atoms. The van der Waals surface area contributed by atoms with Gasteiger partial charge < -0.3 is 0 Å². The molecule has 0 aromatic heterocycles. The van der Waals surface area contributed by atoms with E-state index in [1.807, 2.05) is 0 Å². The fourth-order valence-corrected chi connectivity index (χ4v) is 1.48. The summed E-state index contributed by atoms with van der Waals surface area (Å²) >= 11 is 0. The van der Waals surface area contributed by atoms with Crippen molar-refractivity contribution < 1.29 is 0 Å². The van der Waals surface area contributed by atoms with Gasteiger partial charge in [0, 0.05) is 12.8 Å². The van der Waals surface area contributed by atoms with E-state index in [9.17, 15) is 0 Å². The second-order valence-electron chi connectivity index (χ2n) is 3.99. The maximum absolute atomic E-state index is 3.27. The van der Waals surface area contributed by atoms with Crippen LogP contribution in [0, 0.1) is 17.8 Å². The lowest BCUT2D eigenvalue weighted by Gasteiger charge is -1.94. The topological polar surface area (TPSA) is 0 Å². The molecular formula is C14H16. The molecule has 0 bridgehead atoms. The van der Waals surface area contributed by atoms with Crippen molar-refractivity contribution in [1.29, 1.82) is 0 Å². The van der Waals surface area contributed by atoms with Gasteiger partial charge >= 0.3 is 0 Å². The third kappa shape index (κ3) is 3.26. The van der Waals surface area contributed by atoms with Gasteiger partial charge in [-0.05, 0) is 30.7 Å². The summed E-state index contributed by atoms with van der Waals surface area (Å²) in [6.45, 7) is 0. The van der Waals surface area contributed by atoms with E-state index in [0.29, 0.717) is 0 Å². The van der Waals surface area contributed by atoms with Gasteiger partial charge in [-0.3, -0.25) is 0 Å². The first-order valence-corrected chi connectivity index (χ1v) is 5.45. The Hall–Kier alpha value is -1.22. The number of hydrogen-bond acceptors (Lipinski definition) is 0. The van der Waals surface area contributed by atoms with Crippen molar-refractivity contribution in [1.82, 2.24) is 0 Å². The van der Waals surface area contributed by atoms with Crippen LogP contribution in [0.5, 0.6) is 0 Å². The van der Waals surface area contributed by atoms with Crippen molar-refractivity contribution in [3.8, 4) is 11.8 Å². The molecule has 0 N–H and O–H groups in total. The Morgan fingerprint density at radius 3 is 2.57 bits per heavy atom. The van der Waals surface area contributed by atoms with E-state index in [0.717, 1.165) is 25.2 Å². The fraction of sp³-hybridized carbons (Fsp3) is 0.429. The van der Waals surface area contributed by atoms with Gasteiger partial charge in [-0.25, -0.2) is 0 Å². The van der Waals surface area contributed by atoms with Crippen LogP contribution >= 0.6 is 0 Å². The van der Waals surface area contributed by atoms with Gasteiger partial charge in [0.1, 0.15) is 0 Å². The Bertz CT molecular complexity index is 322. The van der Waals surface area contributed by atoms with Crippen molar-refractivity contribution in [2.45, 2.75) is 32.1 Å². The van der Waals surface area contributed by atoms with E-state index >= 15 is 0 Å². The maximum Gasteiger partial charge on any atom is 0.0129 e. The van der Waals surface area contributed by atoms with Crippen LogP contribution in [0.1, 0.15) is 31.2 Å². The van der Waals surface area contributed by atoms with Crippen molar-refractivity contribution in [2.24, 2.45) is 5.92 Å². The highest BCUT2D eigenvalue weighted by Gasteiger charge is 2.19. The minimum absolute atomic E-state index is 0.944. The summed E-state index contributed by atoms with van der Waals surface area (Å²) in [6, 6.07) is 10.6. The molecule has 1 fully saturated rings. The molecule has 14 heavy (non-hydrogen) atoms. The predicted molar refractivity (Wildman–Crippen MR) is 59.9 cm³/mol. The third-order valence-electron chi connectivity index (χ3n) is 2.59. The Labute approximate surface area is 86.3 Å². The average Bonchev–Trinajstić information content (AvgIpc) is 3.03. The lowest BCUT2D eigenvalue weighted by molar-refractivity contribution is 0.881. The second kappa shape index (κ2) is 4.86. The molecule has 1 aromatic rings. The molecule has 0 saturated heterocycles. The highest BCUT2D eigenvalue weighted by molar-refractivity contribution is 5.16. The monoisotopic (exact) mass is 184 g/mol. The first-order chi connectivity index (χ1) is 6.95. The number of hydrogen-bond donors (Lipinski definition) is 0. The largest absolute Gasteiger partial charge is 0.103 e. The zero-order valence-electron chi connectivity index (χ0n) is 8.50. The van der Waals surface area contributed by atoms with Crippen molar-refractivity contribution in [3.05, 3.63) is 35.9 Å². The van der Waals surface area contributed by atoms with Crippen LogP contribution in [0.2, 0.25) is 0 Å². The van der Waals surface area contributed by atoms with Gasteiger partial charge in [-0.2, -0.15) is 0 Å². The summed E-state index contributed by atoms with van der Waals surface area (Å²) < 4.78 is 0. The molecule has 0 heteroatoms. The SMILES string of the molecule is C(#CCC1CC1)CCc1ccccc1. The Balaban J connectivity index is 1.68. The van der Waals surface area contributed by atoms with E-state index in [-0.39, 0.29) is 0 Å². The molecule has 1 saturated carbocycles. The number of rotatable bonds is 3. The molecule has 0 nitrogen and oxygen atoms in total. The van der Waals surface area contributed by atoms with E-state index < -0.39 is 0 Å². The summed E-state index contributed by atoms with van der Waals surface area (Å²) in [5, 5.41) is 0. The normalized spacial score (nSPS) is 14.6. The van der Waals surface area contributed by atoms with Crippen LogP contribution in [0.4, 0.5) is 0 Å². The van der Waals surface area contributed by atoms with Gasteiger partial charge in [-0.15, -0.1) is 11.8 Å². The number of benzene rings is 1. The first-order valence-electron chi connectivity index (χ1n) is 5.45. The predicted octanol–water partition coefficient (Wildman–Crippen LogP) is 3.42. The second-order valence-corrected chi connectivity index (χ2v) is 3.99.